The quantitative estimate of drug-likeness (QED) is 0.371. The van der Waals surface area contributed by atoms with Crippen LogP contribution in [0, 0.1) is 0 Å². The summed E-state index contributed by atoms with van der Waals surface area (Å²) in [4.78, 5) is 2.47. The summed E-state index contributed by atoms with van der Waals surface area (Å²) in [6, 6.07) is 23.8. The molecule has 3 N–H and O–H groups in total. The predicted octanol–water partition coefficient (Wildman–Crippen LogP) is 5.05. The van der Waals surface area contributed by atoms with Gasteiger partial charge < -0.3 is 10.6 Å². The zero-order valence-electron chi connectivity index (χ0n) is 19.5. The molecule has 0 saturated carbocycles. The molecule has 0 atom stereocenters. The highest BCUT2D eigenvalue weighted by Gasteiger charge is 2.23. The molecule has 1 aliphatic carbocycles. The van der Waals surface area contributed by atoms with Crippen LogP contribution >= 0.6 is 12.4 Å². The molecule has 3 aromatic carbocycles. The second kappa shape index (κ2) is 10.8. The van der Waals surface area contributed by atoms with E-state index in [0.717, 1.165) is 25.9 Å². The maximum absolute atomic E-state index is 12.6. The Labute approximate surface area is 213 Å². The molecule has 35 heavy (non-hydrogen) atoms. The third-order valence-corrected chi connectivity index (χ3v) is 8.18. The van der Waals surface area contributed by atoms with Crippen LogP contribution < -0.4 is 10.5 Å². The Morgan fingerprint density at radius 2 is 1.34 bits per heavy atom. The van der Waals surface area contributed by atoms with E-state index in [-0.39, 0.29) is 23.0 Å². The molecule has 1 fully saturated rings. The van der Waals surface area contributed by atoms with Crippen LogP contribution in [0.15, 0.2) is 83.3 Å². The molecule has 0 spiro atoms. The SMILES string of the molecule is Cl.Nc1ccccc1S(=O)(=O)NCCN1CCC(=C2c3ccccc3C=Cc3ccccc32)CC1. The number of fused-ring (bicyclic) bond motifs is 2. The van der Waals surface area contributed by atoms with Gasteiger partial charge in [0, 0.05) is 26.2 Å². The Bertz CT molecular complexity index is 1320. The van der Waals surface area contributed by atoms with E-state index in [1.165, 1.54) is 39.5 Å². The molecule has 0 unspecified atom stereocenters. The van der Waals surface area contributed by atoms with Crippen LogP contribution in [0.25, 0.3) is 17.7 Å². The zero-order chi connectivity index (χ0) is 23.5. The van der Waals surface area contributed by atoms with Gasteiger partial charge in [0.15, 0.2) is 0 Å². The number of sulfonamides is 1. The van der Waals surface area contributed by atoms with Crippen molar-refractivity contribution in [2.75, 3.05) is 31.9 Å². The number of piperidine rings is 1. The molecule has 0 bridgehead atoms. The smallest absolute Gasteiger partial charge is 0.242 e. The lowest BCUT2D eigenvalue weighted by atomic mass is 9.86. The van der Waals surface area contributed by atoms with Gasteiger partial charge in [0.05, 0.1) is 5.69 Å². The third kappa shape index (κ3) is 5.36. The summed E-state index contributed by atoms with van der Waals surface area (Å²) in [5.74, 6) is 0. The average molecular weight is 508 g/mol. The number of nitrogen functional groups attached to an aromatic ring is 1. The first-order valence-electron chi connectivity index (χ1n) is 11.7. The van der Waals surface area contributed by atoms with E-state index in [1.54, 1.807) is 18.2 Å². The molecule has 7 heteroatoms. The summed E-state index contributed by atoms with van der Waals surface area (Å²) < 4.78 is 27.9. The highest BCUT2D eigenvalue weighted by Crippen LogP contribution is 2.38. The molecule has 3 aromatic rings. The van der Waals surface area contributed by atoms with Crippen LogP contribution in [0.5, 0.6) is 0 Å². The third-order valence-electron chi connectivity index (χ3n) is 6.64. The summed E-state index contributed by atoms with van der Waals surface area (Å²) in [6.45, 7) is 2.85. The molecular formula is C28H30ClN3O2S. The number of anilines is 1. The zero-order valence-corrected chi connectivity index (χ0v) is 21.1. The van der Waals surface area contributed by atoms with E-state index in [2.05, 4.69) is 70.3 Å². The molecular weight excluding hydrogens is 478 g/mol. The minimum Gasteiger partial charge on any atom is -0.398 e. The van der Waals surface area contributed by atoms with Crippen molar-refractivity contribution in [2.45, 2.75) is 17.7 Å². The normalized spacial score (nSPS) is 15.7. The fraction of sp³-hybridized carbons (Fsp3) is 0.214. The molecule has 0 amide bonds. The van der Waals surface area contributed by atoms with Gasteiger partial charge in [-0.2, -0.15) is 0 Å². The number of para-hydroxylation sites is 1. The number of nitrogens with one attached hydrogen (secondary N) is 1. The Morgan fingerprint density at radius 1 is 0.800 bits per heavy atom. The van der Waals surface area contributed by atoms with Gasteiger partial charge in [-0.25, -0.2) is 13.1 Å². The van der Waals surface area contributed by atoms with E-state index in [0.29, 0.717) is 13.1 Å². The summed E-state index contributed by atoms with van der Waals surface area (Å²) in [7, 11) is -3.61. The van der Waals surface area contributed by atoms with Crippen molar-refractivity contribution < 1.29 is 8.42 Å². The number of likely N-dealkylation sites (tertiary alicyclic amines) is 1. The number of nitrogens with zero attached hydrogens (tertiary/aromatic N) is 1. The summed E-state index contributed by atoms with van der Waals surface area (Å²) in [5.41, 5.74) is 14.0. The standard InChI is InChI=1S/C28H29N3O2S.ClH/c29-26-11-5-6-12-27(26)34(32,33)30-17-20-31-18-15-23(16-19-31)28-24-9-3-1-7-21(24)13-14-22-8-2-4-10-25(22)28;/h1-14,30H,15-20,29H2;1H. The van der Waals surface area contributed by atoms with Crippen molar-refractivity contribution in [3.05, 3.63) is 101 Å². The number of benzene rings is 3. The van der Waals surface area contributed by atoms with Crippen molar-refractivity contribution in [3.8, 4) is 0 Å². The van der Waals surface area contributed by atoms with Crippen LogP contribution in [-0.4, -0.2) is 39.5 Å². The fourth-order valence-electron chi connectivity index (χ4n) is 4.88. The lowest BCUT2D eigenvalue weighted by molar-refractivity contribution is 0.261. The van der Waals surface area contributed by atoms with Gasteiger partial charge >= 0.3 is 0 Å². The minimum atomic E-state index is -3.61. The van der Waals surface area contributed by atoms with Gasteiger partial charge in [-0.1, -0.05) is 78.4 Å². The minimum absolute atomic E-state index is 0. The largest absolute Gasteiger partial charge is 0.398 e. The van der Waals surface area contributed by atoms with Gasteiger partial charge in [-0.05, 0) is 52.8 Å². The maximum Gasteiger partial charge on any atom is 0.242 e. The number of hydrogen-bond acceptors (Lipinski definition) is 4. The first-order chi connectivity index (χ1) is 16.5. The molecule has 5 nitrogen and oxygen atoms in total. The van der Waals surface area contributed by atoms with Gasteiger partial charge in [0.1, 0.15) is 4.90 Å². The van der Waals surface area contributed by atoms with Crippen molar-refractivity contribution in [1.29, 1.82) is 0 Å². The monoisotopic (exact) mass is 507 g/mol. The lowest BCUT2D eigenvalue weighted by Crippen LogP contribution is -2.38. The molecule has 5 rings (SSSR count). The van der Waals surface area contributed by atoms with E-state index >= 15 is 0 Å². The molecule has 1 heterocycles. The van der Waals surface area contributed by atoms with Crippen molar-refractivity contribution in [1.82, 2.24) is 9.62 Å². The molecule has 182 valence electrons. The highest BCUT2D eigenvalue weighted by atomic mass is 35.5. The molecule has 0 aromatic heterocycles. The Morgan fingerprint density at radius 3 is 1.94 bits per heavy atom. The van der Waals surface area contributed by atoms with Crippen molar-refractivity contribution >= 4 is 45.8 Å². The first-order valence-corrected chi connectivity index (χ1v) is 13.2. The summed E-state index contributed by atoms with van der Waals surface area (Å²) in [5, 5.41) is 0. The topological polar surface area (TPSA) is 75.4 Å². The van der Waals surface area contributed by atoms with E-state index < -0.39 is 10.0 Å². The number of hydrogen-bond donors (Lipinski definition) is 2. The van der Waals surface area contributed by atoms with Gasteiger partial charge in [0.25, 0.3) is 0 Å². The Balaban J connectivity index is 0.00000289. The average Bonchev–Trinajstić information content (AvgIpc) is 3.02. The van der Waals surface area contributed by atoms with Crippen LogP contribution in [0.1, 0.15) is 35.1 Å². The van der Waals surface area contributed by atoms with E-state index in [1.807, 2.05) is 0 Å². The van der Waals surface area contributed by atoms with Crippen LogP contribution in [-0.2, 0) is 10.0 Å². The maximum atomic E-state index is 12.6. The van der Waals surface area contributed by atoms with Crippen LogP contribution in [0.4, 0.5) is 5.69 Å². The predicted molar refractivity (Wildman–Crippen MR) is 147 cm³/mol. The van der Waals surface area contributed by atoms with E-state index in [9.17, 15) is 8.42 Å². The first kappa shape index (κ1) is 25.2. The van der Waals surface area contributed by atoms with Gasteiger partial charge in [0.2, 0.25) is 10.0 Å². The van der Waals surface area contributed by atoms with E-state index in [4.69, 9.17) is 5.73 Å². The second-order valence-corrected chi connectivity index (χ2v) is 10.5. The molecule has 0 radical (unpaired) electrons. The number of halogens is 1. The van der Waals surface area contributed by atoms with Crippen molar-refractivity contribution in [2.24, 2.45) is 0 Å². The lowest BCUT2D eigenvalue weighted by Gasteiger charge is -2.30. The number of nitrogens with two attached hydrogens (primary N) is 1. The summed E-state index contributed by atoms with van der Waals surface area (Å²) in [6.07, 6.45) is 6.36. The van der Waals surface area contributed by atoms with Crippen LogP contribution in [0.2, 0.25) is 0 Å². The number of rotatable bonds is 5. The Hall–Kier alpha value is -2.90. The molecule has 1 aliphatic heterocycles. The van der Waals surface area contributed by atoms with Crippen LogP contribution in [0.3, 0.4) is 0 Å². The fourth-order valence-corrected chi connectivity index (χ4v) is 6.03. The Kier molecular flexibility index (Phi) is 7.77. The van der Waals surface area contributed by atoms with Gasteiger partial charge in [-0.3, -0.25) is 0 Å². The highest BCUT2D eigenvalue weighted by molar-refractivity contribution is 7.89. The molecule has 1 saturated heterocycles. The molecule has 2 aliphatic rings. The summed E-state index contributed by atoms with van der Waals surface area (Å²) >= 11 is 0. The second-order valence-electron chi connectivity index (χ2n) is 8.76. The van der Waals surface area contributed by atoms with Gasteiger partial charge in [-0.15, -0.1) is 12.4 Å². The van der Waals surface area contributed by atoms with Crippen molar-refractivity contribution in [3.63, 3.8) is 0 Å².